The number of amides is 1. The average molecular weight is 298 g/mol. The molecule has 1 amide bonds. The highest BCUT2D eigenvalue weighted by Crippen LogP contribution is 2.33. The summed E-state index contributed by atoms with van der Waals surface area (Å²) in [4.78, 5) is 12.6. The maximum Gasteiger partial charge on any atom is 0.234 e. The summed E-state index contributed by atoms with van der Waals surface area (Å²) >= 11 is 1.58. The van der Waals surface area contributed by atoms with Crippen LogP contribution in [0.5, 0.6) is 0 Å². The van der Waals surface area contributed by atoms with Gasteiger partial charge in [-0.25, -0.2) is 0 Å². The highest BCUT2D eigenvalue weighted by Gasteiger charge is 2.15. The molecule has 0 bridgehead atoms. The van der Waals surface area contributed by atoms with Crippen molar-refractivity contribution in [2.24, 2.45) is 0 Å². The standard InChI is InChI=1S/C17H18N2OS/c1-11-3-4-13(7-12(11)2)9-18-14-5-6-16-15(8-14)19-17(20)10-21-16/h3-8,18H,9-10H2,1-2H3,(H,19,20). The van der Waals surface area contributed by atoms with Gasteiger partial charge in [0.05, 0.1) is 11.4 Å². The summed E-state index contributed by atoms with van der Waals surface area (Å²) in [6.45, 7) is 5.03. The first-order valence-electron chi connectivity index (χ1n) is 6.98. The number of hydrogen-bond donors (Lipinski definition) is 2. The fourth-order valence-electron chi connectivity index (χ4n) is 2.31. The van der Waals surface area contributed by atoms with E-state index in [9.17, 15) is 4.79 Å². The van der Waals surface area contributed by atoms with Crippen molar-refractivity contribution in [2.45, 2.75) is 25.3 Å². The van der Waals surface area contributed by atoms with Gasteiger partial charge in [-0.05, 0) is 48.7 Å². The lowest BCUT2D eigenvalue weighted by molar-refractivity contribution is -0.113. The van der Waals surface area contributed by atoms with Gasteiger partial charge in [0.15, 0.2) is 0 Å². The van der Waals surface area contributed by atoms with Crippen molar-refractivity contribution in [1.29, 1.82) is 0 Å². The minimum Gasteiger partial charge on any atom is -0.381 e. The fraction of sp³-hybridized carbons (Fsp3) is 0.235. The van der Waals surface area contributed by atoms with Crippen molar-refractivity contribution >= 4 is 29.0 Å². The highest BCUT2D eigenvalue weighted by atomic mass is 32.2. The molecule has 0 radical (unpaired) electrons. The van der Waals surface area contributed by atoms with Crippen LogP contribution in [0, 0.1) is 13.8 Å². The quantitative estimate of drug-likeness (QED) is 0.901. The molecule has 21 heavy (non-hydrogen) atoms. The van der Waals surface area contributed by atoms with E-state index in [1.165, 1.54) is 16.7 Å². The maximum atomic E-state index is 11.4. The van der Waals surface area contributed by atoms with Crippen LogP contribution in [0.25, 0.3) is 0 Å². The van der Waals surface area contributed by atoms with Gasteiger partial charge in [-0.1, -0.05) is 18.2 Å². The number of carbonyl (C=O) groups is 1. The Morgan fingerprint density at radius 3 is 2.81 bits per heavy atom. The zero-order valence-corrected chi connectivity index (χ0v) is 13.0. The monoisotopic (exact) mass is 298 g/mol. The van der Waals surface area contributed by atoms with E-state index in [0.717, 1.165) is 22.8 Å². The second kappa shape index (κ2) is 5.82. The molecule has 4 heteroatoms. The van der Waals surface area contributed by atoms with Crippen LogP contribution in [0.2, 0.25) is 0 Å². The molecular formula is C17H18N2OS. The topological polar surface area (TPSA) is 41.1 Å². The van der Waals surface area contributed by atoms with E-state index >= 15 is 0 Å². The smallest absolute Gasteiger partial charge is 0.234 e. The van der Waals surface area contributed by atoms with Crippen LogP contribution < -0.4 is 10.6 Å². The number of aryl methyl sites for hydroxylation is 2. The van der Waals surface area contributed by atoms with Crippen LogP contribution in [0.1, 0.15) is 16.7 Å². The van der Waals surface area contributed by atoms with E-state index in [1.807, 2.05) is 6.07 Å². The van der Waals surface area contributed by atoms with Gasteiger partial charge in [-0.2, -0.15) is 0 Å². The number of rotatable bonds is 3. The molecule has 3 nitrogen and oxygen atoms in total. The third-order valence-corrected chi connectivity index (χ3v) is 4.75. The number of benzene rings is 2. The second-order valence-electron chi connectivity index (χ2n) is 5.32. The molecule has 0 aliphatic carbocycles. The first-order valence-corrected chi connectivity index (χ1v) is 7.97. The summed E-state index contributed by atoms with van der Waals surface area (Å²) in [5, 5.41) is 6.33. The third kappa shape index (κ3) is 3.22. The van der Waals surface area contributed by atoms with E-state index in [4.69, 9.17) is 0 Å². The largest absolute Gasteiger partial charge is 0.381 e. The SMILES string of the molecule is Cc1ccc(CNc2ccc3c(c2)NC(=O)CS3)cc1C. The van der Waals surface area contributed by atoms with E-state index in [-0.39, 0.29) is 5.91 Å². The van der Waals surface area contributed by atoms with Crippen LogP contribution in [0.15, 0.2) is 41.3 Å². The number of fused-ring (bicyclic) bond motifs is 1. The van der Waals surface area contributed by atoms with Crippen molar-refractivity contribution in [3.8, 4) is 0 Å². The van der Waals surface area contributed by atoms with Crippen molar-refractivity contribution in [3.05, 3.63) is 53.1 Å². The van der Waals surface area contributed by atoms with E-state index in [0.29, 0.717) is 5.75 Å². The molecule has 0 aromatic heterocycles. The molecule has 0 spiro atoms. The summed E-state index contributed by atoms with van der Waals surface area (Å²) in [5.41, 5.74) is 5.81. The normalized spacial score (nSPS) is 13.5. The third-order valence-electron chi connectivity index (χ3n) is 3.68. The number of carbonyl (C=O) groups excluding carboxylic acids is 1. The number of nitrogens with one attached hydrogen (secondary N) is 2. The van der Waals surface area contributed by atoms with Crippen LogP contribution >= 0.6 is 11.8 Å². The van der Waals surface area contributed by atoms with Crippen molar-refractivity contribution < 1.29 is 4.79 Å². The molecule has 2 aromatic carbocycles. The van der Waals surface area contributed by atoms with Crippen molar-refractivity contribution in [2.75, 3.05) is 16.4 Å². The maximum absolute atomic E-state index is 11.4. The lowest BCUT2D eigenvalue weighted by atomic mass is 10.1. The Hall–Kier alpha value is -1.94. The van der Waals surface area contributed by atoms with E-state index in [1.54, 1.807) is 11.8 Å². The predicted octanol–water partition coefficient (Wildman–Crippen LogP) is 3.96. The molecular weight excluding hydrogens is 280 g/mol. The van der Waals surface area contributed by atoms with Gasteiger partial charge in [0.25, 0.3) is 0 Å². The lowest BCUT2D eigenvalue weighted by Crippen LogP contribution is -2.18. The fourth-order valence-corrected chi connectivity index (χ4v) is 3.10. The van der Waals surface area contributed by atoms with Gasteiger partial charge in [-0.3, -0.25) is 4.79 Å². The Kier molecular flexibility index (Phi) is 3.88. The Labute approximate surface area is 129 Å². The van der Waals surface area contributed by atoms with Crippen molar-refractivity contribution in [3.63, 3.8) is 0 Å². The summed E-state index contributed by atoms with van der Waals surface area (Å²) in [6, 6.07) is 12.6. The highest BCUT2D eigenvalue weighted by molar-refractivity contribution is 8.00. The molecule has 0 saturated heterocycles. The molecule has 1 heterocycles. The molecule has 0 fully saturated rings. The van der Waals surface area contributed by atoms with Gasteiger partial charge < -0.3 is 10.6 Å². The van der Waals surface area contributed by atoms with Gasteiger partial charge in [0.1, 0.15) is 0 Å². The molecule has 3 rings (SSSR count). The average Bonchev–Trinajstić information content (AvgIpc) is 2.48. The minimum absolute atomic E-state index is 0.0683. The van der Waals surface area contributed by atoms with Gasteiger partial charge >= 0.3 is 0 Å². The Balaban J connectivity index is 1.72. The molecule has 1 aliphatic heterocycles. The summed E-state index contributed by atoms with van der Waals surface area (Å²) < 4.78 is 0. The Morgan fingerprint density at radius 1 is 1.14 bits per heavy atom. The van der Waals surface area contributed by atoms with Crippen molar-refractivity contribution in [1.82, 2.24) is 0 Å². The minimum atomic E-state index is 0.0683. The van der Waals surface area contributed by atoms with Crippen LogP contribution in [0.4, 0.5) is 11.4 Å². The van der Waals surface area contributed by atoms with Gasteiger partial charge in [-0.15, -0.1) is 11.8 Å². The van der Waals surface area contributed by atoms with Gasteiger partial charge in [0, 0.05) is 17.1 Å². The number of anilines is 2. The summed E-state index contributed by atoms with van der Waals surface area (Å²) in [5.74, 6) is 0.571. The summed E-state index contributed by atoms with van der Waals surface area (Å²) in [6.07, 6.45) is 0. The first-order chi connectivity index (χ1) is 10.1. The van der Waals surface area contributed by atoms with E-state index in [2.05, 4.69) is 54.8 Å². The molecule has 2 aromatic rings. The zero-order valence-electron chi connectivity index (χ0n) is 12.2. The second-order valence-corrected chi connectivity index (χ2v) is 6.34. The Bertz CT molecular complexity index is 697. The molecule has 0 atom stereocenters. The Morgan fingerprint density at radius 2 is 2.00 bits per heavy atom. The molecule has 0 saturated carbocycles. The zero-order chi connectivity index (χ0) is 14.8. The van der Waals surface area contributed by atoms with Crippen LogP contribution in [-0.2, 0) is 11.3 Å². The molecule has 108 valence electrons. The first kappa shape index (κ1) is 14.0. The lowest BCUT2D eigenvalue weighted by Gasteiger charge is -2.17. The summed E-state index contributed by atoms with van der Waals surface area (Å²) in [7, 11) is 0. The molecule has 0 unspecified atom stereocenters. The number of thioether (sulfide) groups is 1. The van der Waals surface area contributed by atoms with Crippen LogP contribution in [-0.4, -0.2) is 11.7 Å². The van der Waals surface area contributed by atoms with E-state index < -0.39 is 0 Å². The number of hydrogen-bond acceptors (Lipinski definition) is 3. The molecule has 1 aliphatic rings. The molecule has 2 N–H and O–H groups in total. The van der Waals surface area contributed by atoms with Gasteiger partial charge in [0.2, 0.25) is 5.91 Å². The predicted molar refractivity (Wildman–Crippen MR) is 89.0 cm³/mol. The van der Waals surface area contributed by atoms with Crippen LogP contribution in [0.3, 0.4) is 0 Å².